The van der Waals surface area contributed by atoms with Crippen LogP contribution < -0.4 is 5.32 Å². The average Bonchev–Trinajstić information content (AvgIpc) is 2.58. The lowest BCUT2D eigenvalue weighted by atomic mass is 10.1. The lowest BCUT2D eigenvalue weighted by molar-refractivity contribution is -0.149. The lowest BCUT2D eigenvalue weighted by Gasteiger charge is -2.43. The first kappa shape index (κ1) is 14.1. The molecular formula is C17H18N4O2. The molecule has 4 rings (SSSR count). The first-order valence-corrected chi connectivity index (χ1v) is 7.84. The molecule has 1 aromatic heterocycles. The monoisotopic (exact) mass is 310 g/mol. The van der Waals surface area contributed by atoms with Gasteiger partial charge in [-0.25, -0.2) is 0 Å². The molecule has 1 atom stereocenters. The van der Waals surface area contributed by atoms with Crippen molar-refractivity contribution in [3.8, 4) is 0 Å². The van der Waals surface area contributed by atoms with Crippen LogP contribution in [0.15, 0.2) is 36.5 Å². The summed E-state index contributed by atoms with van der Waals surface area (Å²) in [5.41, 5.74) is 2.18. The average molecular weight is 310 g/mol. The minimum absolute atomic E-state index is 0.0195. The molecule has 118 valence electrons. The van der Waals surface area contributed by atoms with Gasteiger partial charge in [0.05, 0.1) is 12.1 Å². The fourth-order valence-corrected chi connectivity index (χ4v) is 3.37. The van der Waals surface area contributed by atoms with E-state index >= 15 is 0 Å². The van der Waals surface area contributed by atoms with Gasteiger partial charge >= 0.3 is 0 Å². The Morgan fingerprint density at radius 3 is 3.04 bits per heavy atom. The van der Waals surface area contributed by atoms with E-state index in [1.807, 2.05) is 12.1 Å². The van der Waals surface area contributed by atoms with Gasteiger partial charge in [-0.05, 0) is 23.8 Å². The number of carbonyl (C=O) groups is 2. The van der Waals surface area contributed by atoms with Gasteiger partial charge < -0.3 is 10.2 Å². The quantitative estimate of drug-likeness (QED) is 0.871. The molecule has 1 N–H and O–H groups in total. The Balaban J connectivity index is 1.50. The smallest absolute Gasteiger partial charge is 0.244 e. The molecule has 0 saturated carbocycles. The summed E-state index contributed by atoms with van der Waals surface area (Å²) in [6, 6.07) is 9.87. The van der Waals surface area contributed by atoms with Gasteiger partial charge in [-0.1, -0.05) is 12.1 Å². The Morgan fingerprint density at radius 2 is 2.13 bits per heavy atom. The molecule has 3 heterocycles. The van der Waals surface area contributed by atoms with E-state index in [1.54, 1.807) is 11.1 Å². The van der Waals surface area contributed by atoms with E-state index in [2.05, 4.69) is 33.4 Å². The number of pyridine rings is 1. The second kappa shape index (κ2) is 5.62. The number of nitrogens with zero attached hydrogens (tertiary/aromatic N) is 3. The molecule has 0 aliphatic carbocycles. The number of carbonyl (C=O) groups excluding carboxylic acids is 2. The minimum atomic E-state index is -0.355. The zero-order valence-corrected chi connectivity index (χ0v) is 12.7. The molecule has 1 unspecified atom stereocenters. The maximum absolute atomic E-state index is 12.0. The molecular weight excluding hydrogens is 292 g/mol. The van der Waals surface area contributed by atoms with Gasteiger partial charge in [0.25, 0.3) is 0 Å². The Labute approximate surface area is 134 Å². The van der Waals surface area contributed by atoms with E-state index in [-0.39, 0.29) is 24.4 Å². The molecule has 23 heavy (non-hydrogen) atoms. The summed E-state index contributed by atoms with van der Waals surface area (Å²) in [4.78, 5) is 32.1. The summed E-state index contributed by atoms with van der Waals surface area (Å²) in [7, 11) is 0. The summed E-state index contributed by atoms with van der Waals surface area (Å²) in [5.74, 6) is -0.0250. The third-order valence-corrected chi connectivity index (χ3v) is 4.57. The Morgan fingerprint density at radius 1 is 1.22 bits per heavy atom. The van der Waals surface area contributed by atoms with E-state index in [9.17, 15) is 9.59 Å². The first-order valence-electron chi connectivity index (χ1n) is 7.84. The fourth-order valence-electron chi connectivity index (χ4n) is 3.37. The van der Waals surface area contributed by atoms with Crippen molar-refractivity contribution in [1.29, 1.82) is 0 Å². The second-order valence-corrected chi connectivity index (χ2v) is 6.09. The van der Waals surface area contributed by atoms with Crippen LogP contribution in [0.4, 0.5) is 0 Å². The van der Waals surface area contributed by atoms with Crippen molar-refractivity contribution in [2.24, 2.45) is 0 Å². The van der Waals surface area contributed by atoms with Crippen LogP contribution in [-0.2, 0) is 16.1 Å². The van der Waals surface area contributed by atoms with E-state index in [0.29, 0.717) is 13.1 Å². The third kappa shape index (κ3) is 2.66. The first-order chi connectivity index (χ1) is 11.2. The molecule has 2 aliphatic heterocycles. The Kier molecular flexibility index (Phi) is 3.46. The Hall–Kier alpha value is -2.47. The van der Waals surface area contributed by atoms with Crippen molar-refractivity contribution in [3.05, 3.63) is 42.1 Å². The van der Waals surface area contributed by atoms with Crippen molar-refractivity contribution >= 4 is 22.7 Å². The Bertz CT molecular complexity index is 776. The van der Waals surface area contributed by atoms with Crippen molar-refractivity contribution in [2.75, 3.05) is 26.2 Å². The third-order valence-electron chi connectivity index (χ3n) is 4.57. The van der Waals surface area contributed by atoms with Gasteiger partial charge in [-0.15, -0.1) is 0 Å². The van der Waals surface area contributed by atoms with Crippen molar-refractivity contribution in [1.82, 2.24) is 20.1 Å². The number of benzene rings is 1. The molecule has 0 spiro atoms. The van der Waals surface area contributed by atoms with Crippen LogP contribution in [0.25, 0.3) is 10.9 Å². The van der Waals surface area contributed by atoms with Crippen LogP contribution in [0.1, 0.15) is 5.56 Å². The van der Waals surface area contributed by atoms with Gasteiger partial charge in [0.1, 0.15) is 6.04 Å². The topological polar surface area (TPSA) is 65.5 Å². The number of nitrogens with one attached hydrogen (secondary N) is 1. The van der Waals surface area contributed by atoms with E-state index in [0.717, 1.165) is 24.0 Å². The molecule has 2 aromatic rings. The summed E-state index contributed by atoms with van der Waals surface area (Å²) in [6.07, 6.45) is 1.79. The zero-order chi connectivity index (χ0) is 15.8. The molecule has 0 radical (unpaired) electrons. The maximum atomic E-state index is 12.0. The van der Waals surface area contributed by atoms with Gasteiger partial charge in [0.2, 0.25) is 11.8 Å². The summed E-state index contributed by atoms with van der Waals surface area (Å²) < 4.78 is 0. The predicted octanol–water partition coefficient (Wildman–Crippen LogP) is 0.377. The van der Waals surface area contributed by atoms with Gasteiger partial charge in [0, 0.05) is 37.8 Å². The molecule has 2 fully saturated rings. The highest BCUT2D eigenvalue weighted by molar-refractivity contribution is 5.95. The zero-order valence-electron chi connectivity index (χ0n) is 12.7. The number of aromatic nitrogens is 1. The SMILES string of the molecule is O=C1NCC(=O)N2CCN(Cc3ccc4ncccc4c3)CC12. The largest absolute Gasteiger partial charge is 0.345 e. The molecule has 0 bridgehead atoms. The van der Waals surface area contributed by atoms with E-state index < -0.39 is 0 Å². The van der Waals surface area contributed by atoms with Gasteiger partial charge in [0.15, 0.2) is 0 Å². The molecule has 2 amide bonds. The van der Waals surface area contributed by atoms with Crippen LogP contribution in [0, 0.1) is 0 Å². The standard InChI is InChI=1S/C17H18N4O2/c22-16-9-19-17(23)15-11-20(6-7-21(15)16)10-12-3-4-14-13(8-12)2-1-5-18-14/h1-5,8,15H,6-7,9-11H2,(H,19,23). The van der Waals surface area contributed by atoms with Gasteiger partial charge in [-0.2, -0.15) is 0 Å². The highest BCUT2D eigenvalue weighted by atomic mass is 16.2. The van der Waals surface area contributed by atoms with Crippen LogP contribution in [-0.4, -0.2) is 58.8 Å². The number of hydrogen-bond acceptors (Lipinski definition) is 4. The van der Waals surface area contributed by atoms with Crippen LogP contribution in [0.2, 0.25) is 0 Å². The molecule has 6 heteroatoms. The predicted molar refractivity (Wildman–Crippen MR) is 85.5 cm³/mol. The lowest BCUT2D eigenvalue weighted by Crippen LogP contribution is -2.65. The van der Waals surface area contributed by atoms with Crippen molar-refractivity contribution in [3.63, 3.8) is 0 Å². The number of rotatable bonds is 2. The summed E-state index contributed by atoms with van der Waals surface area (Å²) in [5, 5.41) is 3.79. The number of fused-ring (bicyclic) bond motifs is 2. The van der Waals surface area contributed by atoms with Gasteiger partial charge in [-0.3, -0.25) is 19.5 Å². The summed E-state index contributed by atoms with van der Waals surface area (Å²) >= 11 is 0. The molecule has 2 saturated heterocycles. The minimum Gasteiger partial charge on any atom is -0.345 e. The fraction of sp³-hybridized carbons (Fsp3) is 0.353. The second-order valence-electron chi connectivity index (χ2n) is 6.09. The molecule has 2 aliphatic rings. The highest BCUT2D eigenvalue weighted by Gasteiger charge is 2.38. The number of amides is 2. The van der Waals surface area contributed by atoms with Crippen molar-refractivity contribution in [2.45, 2.75) is 12.6 Å². The number of hydrogen-bond donors (Lipinski definition) is 1. The van der Waals surface area contributed by atoms with Crippen LogP contribution in [0.5, 0.6) is 0 Å². The van der Waals surface area contributed by atoms with Crippen molar-refractivity contribution < 1.29 is 9.59 Å². The normalized spacial score (nSPS) is 22.1. The highest BCUT2D eigenvalue weighted by Crippen LogP contribution is 2.18. The summed E-state index contributed by atoms with van der Waals surface area (Å²) in [6.45, 7) is 2.90. The van der Waals surface area contributed by atoms with Crippen LogP contribution >= 0.6 is 0 Å². The van der Waals surface area contributed by atoms with E-state index in [1.165, 1.54) is 5.56 Å². The number of piperazine rings is 2. The van der Waals surface area contributed by atoms with Crippen LogP contribution in [0.3, 0.4) is 0 Å². The molecule has 1 aromatic carbocycles. The molecule has 6 nitrogen and oxygen atoms in total. The maximum Gasteiger partial charge on any atom is 0.244 e. The van der Waals surface area contributed by atoms with E-state index in [4.69, 9.17) is 0 Å².